The molecule has 6 heteroatoms. The molecule has 0 radical (unpaired) electrons. The van der Waals surface area contributed by atoms with Gasteiger partial charge < -0.3 is 4.90 Å². The van der Waals surface area contributed by atoms with E-state index < -0.39 is 0 Å². The van der Waals surface area contributed by atoms with Crippen LogP contribution in [0.2, 0.25) is 0 Å². The van der Waals surface area contributed by atoms with Gasteiger partial charge in [-0.05, 0) is 31.9 Å². The number of piperidine rings is 1. The molecule has 1 amide bonds. The van der Waals surface area contributed by atoms with Crippen LogP contribution in [-0.4, -0.2) is 38.9 Å². The third-order valence-corrected chi connectivity index (χ3v) is 4.45. The first-order valence-corrected chi connectivity index (χ1v) is 7.27. The number of carbonyl (C=O) groups excluding carboxylic acids is 1. The number of nitrogens with zero attached hydrogens (tertiary/aromatic N) is 4. The number of likely N-dealkylation sites (tertiary alicyclic amines) is 1. The van der Waals surface area contributed by atoms with Crippen molar-refractivity contribution in [2.24, 2.45) is 0 Å². The predicted molar refractivity (Wildman–Crippen MR) is 73.3 cm³/mol. The van der Waals surface area contributed by atoms with Crippen LogP contribution in [-0.2, 0) is 0 Å². The topological polar surface area (TPSA) is 51.0 Å². The van der Waals surface area contributed by atoms with Crippen molar-refractivity contribution in [3.8, 4) is 0 Å². The summed E-state index contributed by atoms with van der Waals surface area (Å²) in [6.07, 6.45) is 5.24. The minimum atomic E-state index is 0.157. The molecule has 1 fully saturated rings. The van der Waals surface area contributed by atoms with E-state index in [0.29, 0.717) is 6.04 Å². The molecule has 0 aliphatic carbocycles. The second kappa shape index (κ2) is 5.13. The zero-order valence-electron chi connectivity index (χ0n) is 10.8. The second-order valence-electron chi connectivity index (χ2n) is 4.78. The van der Waals surface area contributed by atoms with Gasteiger partial charge in [0.05, 0.1) is 23.3 Å². The molecule has 1 saturated heterocycles. The van der Waals surface area contributed by atoms with E-state index in [0.717, 1.165) is 30.8 Å². The predicted octanol–water partition coefficient (Wildman–Crippen LogP) is 2.13. The van der Waals surface area contributed by atoms with Gasteiger partial charge in [-0.15, -0.1) is 11.3 Å². The highest BCUT2D eigenvalue weighted by Gasteiger charge is 2.25. The number of aryl methyl sites for hydroxylation is 1. The van der Waals surface area contributed by atoms with Gasteiger partial charge in [0.15, 0.2) is 0 Å². The number of hydrogen-bond acceptors (Lipinski definition) is 4. The second-order valence-corrected chi connectivity index (χ2v) is 6.07. The monoisotopic (exact) mass is 276 g/mol. The van der Waals surface area contributed by atoms with Gasteiger partial charge in [-0.1, -0.05) is 0 Å². The summed E-state index contributed by atoms with van der Waals surface area (Å²) in [5.41, 5.74) is 0. The molecule has 0 aromatic carbocycles. The van der Waals surface area contributed by atoms with Gasteiger partial charge in [0.2, 0.25) is 0 Å². The van der Waals surface area contributed by atoms with Crippen LogP contribution < -0.4 is 0 Å². The summed E-state index contributed by atoms with van der Waals surface area (Å²) >= 11 is 1.57. The number of carbonyl (C=O) groups is 1. The summed E-state index contributed by atoms with van der Waals surface area (Å²) in [5.74, 6) is 0.157. The molecule has 100 valence electrons. The molecule has 0 unspecified atom stereocenters. The molecule has 0 bridgehead atoms. The lowest BCUT2D eigenvalue weighted by molar-refractivity contribution is 0.0688. The van der Waals surface area contributed by atoms with Crippen LogP contribution in [0.25, 0.3) is 0 Å². The lowest BCUT2D eigenvalue weighted by atomic mass is 10.1. The Balaban J connectivity index is 1.62. The van der Waals surface area contributed by atoms with Gasteiger partial charge >= 0.3 is 0 Å². The minimum absolute atomic E-state index is 0.157. The number of rotatable bonds is 2. The first-order valence-electron chi connectivity index (χ1n) is 6.45. The number of hydrogen-bond donors (Lipinski definition) is 0. The van der Waals surface area contributed by atoms with Gasteiger partial charge in [-0.2, -0.15) is 15.0 Å². The summed E-state index contributed by atoms with van der Waals surface area (Å²) in [6.45, 7) is 3.58. The van der Waals surface area contributed by atoms with Gasteiger partial charge in [-0.3, -0.25) is 4.79 Å². The highest BCUT2D eigenvalue weighted by Crippen LogP contribution is 2.24. The average Bonchev–Trinajstić information content (AvgIpc) is 3.09. The maximum Gasteiger partial charge on any atom is 0.263 e. The molecule has 1 aliphatic heterocycles. The summed E-state index contributed by atoms with van der Waals surface area (Å²) < 4.78 is 0. The summed E-state index contributed by atoms with van der Waals surface area (Å²) in [4.78, 5) is 18.0. The van der Waals surface area contributed by atoms with E-state index in [4.69, 9.17) is 0 Å². The quantitative estimate of drug-likeness (QED) is 0.844. The molecule has 1 aliphatic rings. The smallest absolute Gasteiger partial charge is 0.263 e. The van der Waals surface area contributed by atoms with Crippen LogP contribution in [0.3, 0.4) is 0 Å². The van der Waals surface area contributed by atoms with Crippen LogP contribution in [0.1, 0.15) is 33.4 Å². The minimum Gasteiger partial charge on any atom is -0.338 e. The van der Waals surface area contributed by atoms with Crippen molar-refractivity contribution in [2.45, 2.75) is 25.8 Å². The fourth-order valence-corrected chi connectivity index (χ4v) is 3.26. The van der Waals surface area contributed by atoms with Gasteiger partial charge in [-0.25, -0.2) is 0 Å². The normalized spacial score (nSPS) is 16.8. The summed E-state index contributed by atoms with van der Waals surface area (Å²) in [5, 5.41) is 8.35. The molecular formula is C13H16N4OS. The van der Waals surface area contributed by atoms with E-state index in [2.05, 4.69) is 10.2 Å². The van der Waals surface area contributed by atoms with E-state index in [-0.39, 0.29) is 5.91 Å². The zero-order chi connectivity index (χ0) is 13.2. The van der Waals surface area contributed by atoms with E-state index in [9.17, 15) is 4.79 Å². The molecule has 0 spiro atoms. The molecule has 19 heavy (non-hydrogen) atoms. The van der Waals surface area contributed by atoms with E-state index in [1.165, 1.54) is 4.88 Å². The fraction of sp³-hybridized carbons (Fsp3) is 0.462. The van der Waals surface area contributed by atoms with Crippen LogP contribution in [0.4, 0.5) is 0 Å². The molecule has 2 aromatic rings. The van der Waals surface area contributed by atoms with E-state index in [1.54, 1.807) is 28.5 Å². The van der Waals surface area contributed by atoms with Crippen molar-refractivity contribution in [1.82, 2.24) is 19.9 Å². The SMILES string of the molecule is Cc1ccc(C(=O)N2CCC(n3nccn3)CC2)s1. The van der Waals surface area contributed by atoms with Crippen molar-refractivity contribution >= 4 is 17.2 Å². The lowest BCUT2D eigenvalue weighted by Crippen LogP contribution is -2.39. The van der Waals surface area contributed by atoms with Gasteiger partial charge in [0.25, 0.3) is 5.91 Å². The Morgan fingerprint density at radius 2 is 1.95 bits per heavy atom. The van der Waals surface area contributed by atoms with Crippen molar-refractivity contribution in [3.05, 3.63) is 34.3 Å². The van der Waals surface area contributed by atoms with Crippen LogP contribution >= 0.6 is 11.3 Å². The first kappa shape index (κ1) is 12.3. The largest absolute Gasteiger partial charge is 0.338 e. The maximum atomic E-state index is 12.3. The molecule has 0 atom stereocenters. The van der Waals surface area contributed by atoms with E-state index in [1.807, 2.05) is 24.0 Å². The lowest BCUT2D eigenvalue weighted by Gasteiger charge is -2.31. The Labute approximate surface area is 115 Å². The molecular weight excluding hydrogens is 260 g/mol. The molecule has 3 rings (SSSR count). The Morgan fingerprint density at radius 3 is 2.53 bits per heavy atom. The van der Waals surface area contributed by atoms with Gasteiger partial charge in [0, 0.05) is 18.0 Å². The first-order chi connectivity index (χ1) is 9.24. The molecule has 2 aromatic heterocycles. The maximum absolute atomic E-state index is 12.3. The molecule has 0 N–H and O–H groups in total. The third-order valence-electron chi connectivity index (χ3n) is 3.47. The fourth-order valence-electron chi connectivity index (χ4n) is 2.42. The van der Waals surface area contributed by atoms with Crippen molar-refractivity contribution in [2.75, 3.05) is 13.1 Å². The molecule has 3 heterocycles. The van der Waals surface area contributed by atoms with Gasteiger partial charge in [0.1, 0.15) is 0 Å². The van der Waals surface area contributed by atoms with E-state index >= 15 is 0 Å². The zero-order valence-corrected chi connectivity index (χ0v) is 11.6. The Hall–Kier alpha value is -1.69. The molecule has 0 saturated carbocycles. The molecule has 5 nitrogen and oxygen atoms in total. The summed E-state index contributed by atoms with van der Waals surface area (Å²) in [7, 11) is 0. The number of aromatic nitrogens is 3. The van der Waals surface area contributed by atoms with Crippen molar-refractivity contribution in [3.63, 3.8) is 0 Å². The third kappa shape index (κ3) is 2.53. The van der Waals surface area contributed by atoms with Crippen LogP contribution in [0.15, 0.2) is 24.5 Å². The highest BCUT2D eigenvalue weighted by atomic mass is 32.1. The number of thiophene rings is 1. The Kier molecular flexibility index (Phi) is 3.33. The Bertz CT molecular complexity index is 555. The standard InChI is InChI=1S/C13H16N4OS/c1-10-2-3-12(19-10)13(18)16-8-4-11(5-9-16)17-14-6-7-15-17/h2-3,6-7,11H,4-5,8-9H2,1H3. The van der Waals surface area contributed by atoms with Crippen molar-refractivity contribution in [1.29, 1.82) is 0 Å². The highest BCUT2D eigenvalue weighted by molar-refractivity contribution is 7.13. The van der Waals surface area contributed by atoms with Crippen LogP contribution in [0.5, 0.6) is 0 Å². The Morgan fingerprint density at radius 1 is 1.26 bits per heavy atom. The average molecular weight is 276 g/mol. The number of amides is 1. The van der Waals surface area contributed by atoms with Crippen molar-refractivity contribution < 1.29 is 4.79 Å². The van der Waals surface area contributed by atoms with Crippen LogP contribution in [0, 0.1) is 6.92 Å². The summed E-state index contributed by atoms with van der Waals surface area (Å²) in [6, 6.07) is 4.24.